The molecule has 1 aliphatic carbocycles. The van der Waals surface area contributed by atoms with Crippen LogP contribution >= 0.6 is 11.6 Å². The van der Waals surface area contributed by atoms with Crippen LogP contribution in [0.1, 0.15) is 12.8 Å². The van der Waals surface area contributed by atoms with Gasteiger partial charge in [-0.25, -0.2) is 9.97 Å². The van der Waals surface area contributed by atoms with Crippen LogP contribution in [0, 0.1) is 0 Å². The van der Waals surface area contributed by atoms with Crippen LogP contribution in [0.4, 0.5) is 11.4 Å². The summed E-state index contributed by atoms with van der Waals surface area (Å²) in [4.78, 5) is 14.5. The molecule has 7 nitrogen and oxygen atoms in total. The number of hydrogen-bond donors (Lipinski definition) is 1. The summed E-state index contributed by atoms with van der Waals surface area (Å²) in [7, 11) is 1.61. The van der Waals surface area contributed by atoms with Gasteiger partial charge < -0.3 is 19.4 Å². The molecule has 186 valence electrons. The Morgan fingerprint density at radius 1 is 1.00 bits per heavy atom. The van der Waals surface area contributed by atoms with Crippen LogP contribution < -0.4 is 15.4 Å². The van der Waals surface area contributed by atoms with Gasteiger partial charge in [0.1, 0.15) is 5.69 Å². The molecule has 0 saturated carbocycles. The van der Waals surface area contributed by atoms with E-state index in [4.69, 9.17) is 31.1 Å². The first-order valence-electron chi connectivity index (χ1n) is 12.3. The van der Waals surface area contributed by atoms with E-state index in [0.717, 1.165) is 57.7 Å². The highest BCUT2D eigenvalue weighted by atomic mass is 35.5. The molecule has 1 saturated heterocycles. The van der Waals surface area contributed by atoms with Crippen molar-refractivity contribution in [1.29, 1.82) is 0 Å². The quantitative estimate of drug-likeness (QED) is 0.292. The van der Waals surface area contributed by atoms with Gasteiger partial charge in [-0.05, 0) is 61.4 Å². The van der Waals surface area contributed by atoms with Crippen molar-refractivity contribution in [3.63, 3.8) is 0 Å². The molecular formula is C29H26ClN5O2. The van der Waals surface area contributed by atoms with Crippen LogP contribution in [0.5, 0.6) is 5.88 Å². The normalized spacial score (nSPS) is 14.8. The largest absolute Gasteiger partial charge is 0.480 e. The maximum absolute atomic E-state index is 6.72. The molecule has 3 aromatic rings. The molecule has 0 radical (unpaired) electrons. The van der Waals surface area contributed by atoms with Crippen LogP contribution in [0.25, 0.3) is 28.1 Å². The minimum Gasteiger partial charge on any atom is -0.480 e. The van der Waals surface area contributed by atoms with Crippen LogP contribution in [0.2, 0.25) is 5.02 Å². The second-order valence-corrected chi connectivity index (χ2v) is 9.31. The zero-order valence-corrected chi connectivity index (χ0v) is 21.2. The van der Waals surface area contributed by atoms with E-state index >= 15 is 0 Å². The molecular weight excluding hydrogens is 486 g/mol. The number of halogens is 1. The van der Waals surface area contributed by atoms with Crippen LogP contribution in [0.15, 0.2) is 84.0 Å². The van der Waals surface area contributed by atoms with Gasteiger partial charge in [0, 0.05) is 19.4 Å². The number of benzene rings is 3. The van der Waals surface area contributed by atoms with E-state index in [0.29, 0.717) is 24.1 Å². The van der Waals surface area contributed by atoms with E-state index in [1.54, 1.807) is 13.3 Å². The highest BCUT2D eigenvalue weighted by Gasteiger charge is 2.19. The zero-order valence-electron chi connectivity index (χ0n) is 20.4. The first kappa shape index (κ1) is 23.5. The van der Waals surface area contributed by atoms with Crippen molar-refractivity contribution in [3.05, 3.63) is 89.4 Å². The van der Waals surface area contributed by atoms with Gasteiger partial charge in [-0.1, -0.05) is 35.9 Å². The predicted molar refractivity (Wildman–Crippen MR) is 146 cm³/mol. The Morgan fingerprint density at radius 2 is 1.81 bits per heavy atom. The number of fused-ring (bicyclic) bond motifs is 2. The lowest BCUT2D eigenvalue weighted by molar-refractivity contribution is 0.0864. The molecule has 1 fully saturated rings. The zero-order chi connectivity index (χ0) is 25.2. The first-order chi connectivity index (χ1) is 18.2. The molecule has 6 rings (SSSR count). The number of nitrogens with zero attached hydrogens (tertiary/aromatic N) is 4. The molecule has 1 N–H and O–H groups in total. The molecule has 0 bridgehead atoms. The first-order valence-corrected chi connectivity index (χ1v) is 12.7. The van der Waals surface area contributed by atoms with Gasteiger partial charge in [0.25, 0.3) is 0 Å². The fourth-order valence-electron chi connectivity index (χ4n) is 4.75. The third-order valence-electron chi connectivity index (χ3n) is 6.54. The summed E-state index contributed by atoms with van der Waals surface area (Å²) in [5.74, 6) is 0.511. The van der Waals surface area contributed by atoms with Gasteiger partial charge >= 0.3 is 0 Å². The fraction of sp³-hybridized carbons (Fsp3) is 0.207. The minimum atomic E-state index is 0.171. The molecule has 0 spiro atoms. The summed E-state index contributed by atoms with van der Waals surface area (Å²) in [6, 6.07) is 24.1. The number of hydrogen-bond acceptors (Lipinski definition) is 6. The van der Waals surface area contributed by atoms with E-state index in [1.807, 2.05) is 60.7 Å². The Morgan fingerprint density at radius 3 is 2.65 bits per heavy atom. The molecule has 37 heavy (non-hydrogen) atoms. The SMILES string of the molecule is COc1ncccc1Nc1cc2nc3ccccc3n(-c3ccccc3Cl)c-2cc1=NC1CCOCC1. The molecule has 8 heteroatoms. The number of aromatic nitrogens is 3. The van der Waals surface area contributed by atoms with Crippen molar-refractivity contribution in [2.45, 2.75) is 18.9 Å². The van der Waals surface area contributed by atoms with Gasteiger partial charge in [0.05, 0.1) is 57.3 Å². The molecule has 3 heterocycles. The number of para-hydroxylation sites is 3. The maximum atomic E-state index is 6.72. The predicted octanol–water partition coefficient (Wildman–Crippen LogP) is 6.01. The molecule has 1 aromatic heterocycles. The minimum absolute atomic E-state index is 0.171. The van der Waals surface area contributed by atoms with Crippen molar-refractivity contribution in [3.8, 4) is 23.0 Å². The Kier molecular flexibility index (Phi) is 6.47. The summed E-state index contributed by atoms with van der Waals surface area (Å²) in [5, 5.41) is 5.00. The lowest BCUT2D eigenvalue weighted by atomic mass is 10.1. The van der Waals surface area contributed by atoms with Crippen molar-refractivity contribution in [2.75, 3.05) is 25.6 Å². The van der Waals surface area contributed by atoms with E-state index in [9.17, 15) is 0 Å². The Labute approximate surface area is 219 Å². The third-order valence-corrected chi connectivity index (χ3v) is 6.86. The molecule has 0 amide bonds. The van der Waals surface area contributed by atoms with Gasteiger partial charge in [0.2, 0.25) is 5.88 Å². The molecule has 3 aliphatic rings. The van der Waals surface area contributed by atoms with E-state index in [2.05, 4.69) is 27.0 Å². The average Bonchev–Trinajstić information content (AvgIpc) is 2.93. The number of anilines is 2. The maximum Gasteiger partial charge on any atom is 0.237 e. The molecule has 0 unspecified atom stereocenters. The third kappa shape index (κ3) is 4.63. The van der Waals surface area contributed by atoms with E-state index in [1.165, 1.54) is 0 Å². The summed E-state index contributed by atoms with van der Waals surface area (Å²) in [6.07, 6.45) is 3.47. The van der Waals surface area contributed by atoms with Gasteiger partial charge in [0.15, 0.2) is 0 Å². The lowest BCUT2D eigenvalue weighted by Crippen LogP contribution is -2.23. The smallest absolute Gasteiger partial charge is 0.237 e. The van der Waals surface area contributed by atoms with Crippen LogP contribution in [0.3, 0.4) is 0 Å². The number of nitrogens with one attached hydrogen (secondary N) is 1. The van der Waals surface area contributed by atoms with Crippen LogP contribution in [-0.2, 0) is 4.74 Å². The highest BCUT2D eigenvalue weighted by Crippen LogP contribution is 2.33. The molecule has 0 atom stereocenters. The summed E-state index contributed by atoms with van der Waals surface area (Å²) < 4.78 is 13.2. The average molecular weight is 512 g/mol. The van der Waals surface area contributed by atoms with Crippen molar-refractivity contribution < 1.29 is 9.47 Å². The Bertz CT molecular complexity index is 1610. The van der Waals surface area contributed by atoms with E-state index < -0.39 is 0 Å². The van der Waals surface area contributed by atoms with Crippen LogP contribution in [-0.4, -0.2) is 40.9 Å². The number of ether oxygens (including phenoxy) is 2. The monoisotopic (exact) mass is 511 g/mol. The fourth-order valence-corrected chi connectivity index (χ4v) is 4.97. The summed E-state index contributed by atoms with van der Waals surface area (Å²) in [5.41, 5.74) is 6.05. The second-order valence-electron chi connectivity index (χ2n) is 8.90. The Balaban J connectivity index is 1.64. The summed E-state index contributed by atoms with van der Waals surface area (Å²) in [6.45, 7) is 1.43. The molecule has 2 aliphatic heterocycles. The van der Waals surface area contributed by atoms with Gasteiger partial charge in [-0.2, -0.15) is 0 Å². The summed E-state index contributed by atoms with van der Waals surface area (Å²) >= 11 is 6.72. The van der Waals surface area contributed by atoms with Gasteiger partial charge in [-0.15, -0.1) is 0 Å². The van der Waals surface area contributed by atoms with E-state index in [-0.39, 0.29) is 6.04 Å². The standard InChI is InChI=1S/C29H26ClN5O2/c1-36-29-22(9-6-14-31-29)34-23-17-25-28(18-24(23)32-19-12-15-37-16-13-19)35(26-10-4-2-7-20(26)30)27-11-5-3-8-21(27)33-25/h2-11,14,17-19,34H,12-13,15-16H2,1H3. The van der Waals surface area contributed by atoms with Crippen molar-refractivity contribution >= 4 is 34.0 Å². The van der Waals surface area contributed by atoms with Gasteiger partial charge in [-0.3, -0.25) is 4.99 Å². The van der Waals surface area contributed by atoms with Crippen molar-refractivity contribution in [2.24, 2.45) is 4.99 Å². The topological polar surface area (TPSA) is 73.6 Å². The number of pyridine rings is 1. The molecule has 2 aromatic carbocycles. The number of methoxy groups -OCH3 is 1. The number of rotatable bonds is 5. The lowest BCUT2D eigenvalue weighted by Gasteiger charge is -2.22. The highest BCUT2D eigenvalue weighted by molar-refractivity contribution is 6.32. The Hall–Kier alpha value is -3.94. The van der Waals surface area contributed by atoms with Crippen molar-refractivity contribution in [1.82, 2.24) is 14.5 Å². The second kappa shape index (κ2) is 10.2.